The van der Waals surface area contributed by atoms with Gasteiger partial charge in [0.05, 0.1) is 41.3 Å². The van der Waals surface area contributed by atoms with Gasteiger partial charge in [0.2, 0.25) is 0 Å². The molecule has 0 aromatic carbocycles. The van der Waals surface area contributed by atoms with Gasteiger partial charge in [-0.3, -0.25) is 9.59 Å². The minimum absolute atomic E-state index is 0. The average Bonchev–Trinajstić information content (AvgIpc) is 2.41. The standard InChI is InChI=1S/C18H40N4O2.2HI/c1-19(2)17(23)15-21(5,6)13-11-9-10-12-14-22(7,8)16-18(24)20(3)4;;/h9-16H2,1-8H3;2*1H/q+2;;/p-2. The number of unbranched alkanes of at least 4 members (excludes halogenated alkanes) is 3. The number of carbonyl (C=O) groups is 2. The lowest BCUT2D eigenvalue weighted by atomic mass is 10.1. The van der Waals surface area contributed by atoms with Crippen LogP contribution in [0.1, 0.15) is 25.7 Å². The summed E-state index contributed by atoms with van der Waals surface area (Å²) in [4.78, 5) is 27.0. The van der Waals surface area contributed by atoms with Gasteiger partial charge in [-0.2, -0.15) is 0 Å². The molecule has 0 saturated heterocycles. The molecule has 0 radical (unpaired) electrons. The average molecular weight is 598 g/mol. The van der Waals surface area contributed by atoms with Crippen LogP contribution in [0.25, 0.3) is 0 Å². The molecule has 0 N–H and O–H groups in total. The van der Waals surface area contributed by atoms with Crippen molar-refractivity contribution in [2.75, 3.05) is 82.6 Å². The second-order valence-electron chi connectivity index (χ2n) is 8.63. The quantitative estimate of drug-likeness (QED) is 0.136. The summed E-state index contributed by atoms with van der Waals surface area (Å²) in [6.07, 6.45) is 4.63. The Morgan fingerprint density at radius 3 is 1.12 bits per heavy atom. The van der Waals surface area contributed by atoms with Crippen LogP contribution in [0.15, 0.2) is 0 Å². The van der Waals surface area contributed by atoms with Gasteiger partial charge in [-0.25, -0.2) is 0 Å². The number of halogens is 2. The molecular weight excluding hydrogens is 558 g/mol. The highest BCUT2D eigenvalue weighted by Gasteiger charge is 2.22. The van der Waals surface area contributed by atoms with Crippen molar-refractivity contribution in [3.8, 4) is 0 Å². The van der Waals surface area contributed by atoms with Crippen LogP contribution in [0.3, 0.4) is 0 Å². The highest BCUT2D eigenvalue weighted by molar-refractivity contribution is 5.77. The molecule has 0 bridgehead atoms. The van der Waals surface area contributed by atoms with E-state index in [1.165, 1.54) is 12.8 Å². The van der Waals surface area contributed by atoms with E-state index in [1.54, 1.807) is 9.80 Å². The molecule has 0 heterocycles. The molecule has 0 aliphatic carbocycles. The molecule has 0 atom stereocenters. The molecule has 0 rings (SSSR count). The number of rotatable bonds is 11. The monoisotopic (exact) mass is 598 g/mol. The van der Waals surface area contributed by atoms with Crippen molar-refractivity contribution in [1.29, 1.82) is 0 Å². The van der Waals surface area contributed by atoms with E-state index in [1.807, 2.05) is 28.2 Å². The van der Waals surface area contributed by atoms with Gasteiger partial charge >= 0.3 is 0 Å². The minimum Gasteiger partial charge on any atom is -1.00 e. The maximum absolute atomic E-state index is 11.8. The van der Waals surface area contributed by atoms with E-state index in [4.69, 9.17) is 0 Å². The van der Waals surface area contributed by atoms with Crippen LogP contribution in [-0.4, -0.2) is 113 Å². The predicted molar refractivity (Wildman–Crippen MR) is 99.5 cm³/mol. The Hall–Kier alpha value is 0.320. The summed E-state index contributed by atoms with van der Waals surface area (Å²) in [7, 11) is 15.7. The Morgan fingerprint density at radius 2 is 0.885 bits per heavy atom. The van der Waals surface area contributed by atoms with E-state index in [2.05, 4.69) is 28.2 Å². The van der Waals surface area contributed by atoms with Crippen molar-refractivity contribution < 1.29 is 66.5 Å². The summed E-state index contributed by atoms with van der Waals surface area (Å²) in [6.45, 7) is 3.17. The fourth-order valence-corrected chi connectivity index (χ4v) is 2.61. The normalized spacial score (nSPS) is 11.2. The Labute approximate surface area is 195 Å². The lowest BCUT2D eigenvalue weighted by Gasteiger charge is -2.31. The first kappa shape index (κ1) is 31.0. The van der Waals surface area contributed by atoms with E-state index in [0.29, 0.717) is 13.1 Å². The number of hydrogen-bond acceptors (Lipinski definition) is 2. The van der Waals surface area contributed by atoms with Crippen LogP contribution in [0.5, 0.6) is 0 Å². The predicted octanol–water partition coefficient (Wildman–Crippen LogP) is -5.12. The third-order valence-corrected chi connectivity index (χ3v) is 4.40. The summed E-state index contributed by atoms with van der Waals surface area (Å²) in [5, 5.41) is 0. The maximum atomic E-state index is 11.8. The molecule has 0 aromatic heterocycles. The Bertz CT molecular complexity index is 376. The van der Waals surface area contributed by atoms with Gasteiger partial charge in [-0.05, 0) is 25.7 Å². The summed E-state index contributed by atoms with van der Waals surface area (Å²) in [5.41, 5.74) is 0. The van der Waals surface area contributed by atoms with Crippen molar-refractivity contribution in [2.24, 2.45) is 0 Å². The highest BCUT2D eigenvalue weighted by atomic mass is 127. The molecule has 0 fully saturated rings. The summed E-state index contributed by atoms with van der Waals surface area (Å²) < 4.78 is 1.49. The van der Waals surface area contributed by atoms with E-state index in [9.17, 15) is 9.59 Å². The lowest BCUT2D eigenvalue weighted by Crippen LogP contribution is -3.00. The second-order valence-corrected chi connectivity index (χ2v) is 8.63. The van der Waals surface area contributed by atoms with Gasteiger partial charge in [-0.1, -0.05) is 0 Å². The number of quaternary nitrogens is 2. The zero-order valence-electron chi connectivity index (χ0n) is 18.0. The molecular formula is C18H40I2N4O2. The first-order valence-electron chi connectivity index (χ1n) is 8.91. The molecule has 0 aliphatic heterocycles. The van der Waals surface area contributed by atoms with Crippen LogP contribution in [0, 0.1) is 0 Å². The minimum atomic E-state index is 0. The molecule has 0 aromatic rings. The lowest BCUT2D eigenvalue weighted by molar-refractivity contribution is -0.883. The van der Waals surface area contributed by atoms with Gasteiger partial charge in [0.15, 0.2) is 13.1 Å². The third kappa shape index (κ3) is 15.4. The summed E-state index contributed by atoms with van der Waals surface area (Å²) >= 11 is 0. The van der Waals surface area contributed by atoms with Gasteiger partial charge in [-0.15, -0.1) is 0 Å². The first-order chi connectivity index (χ1) is 10.9. The number of carbonyl (C=O) groups excluding carboxylic acids is 2. The van der Waals surface area contributed by atoms with Crippen LogP contribution in [-0.2, 0) is 9.59 Å². The zero-order chi connectivity index (χ0) is 19.0. The SMILES string of the molecule is CN(C)C(=O)C[N+](C)(C)CCCCCC[N+](C)(C)CC(=O)N(C)C.[I-].[I-]. The Morgan fingerprint density at radius 1 is 0.615 bits per heavy atom. The molecule has 0 spiro atoms. The van der Waals surface area contributed by atoms with Gasteiger partial charge in [0, 0.05) is 28.2 Å². The molecule has 158 valence electrons. The third-order valence-electron chi connectivity index (χ3n) is 4.40. The smallest absolute Gasteiger partial charge is 0.277 e. The second kappa shape index (κ2) is 14.3. The number of likely N-dealkylation sites (N-methyl/N-ethyl adjacent to an activating group) is 4. The van der Waals surface area contributed by atoms with Crippen molar-refractivity contribution in [2.45, 2.75) is 25.7 Å². The molecule has 26 heavy (non-hydrogen) atoms. The van der Waals surface area contributed by atoms with E-state index >= 15 is 0 Å². The van der Waals surface area contributed by atoms with Crippen molar-refractivity contribution in [3.63, 3.8) is 0 Å². The topological polar surface area (TPSA) is 40.6 Å². The van der Waals surface area contributed by atoms with Crippen LogP contribution in [0.4, 0.5) is 0 Å². The van der Waals surface area contributed by atoms with Gasteiger partial charge in [0.25, 0.3) is 11.8 Å². The Balaban J connectivity index is -0.00000264. The van der Waals surface area contributed by atoms with Gasteiger partial charge < -0.3 is 66.7 Å². The van der Waals surface area contributed by atoms with Crippen molar-refractivity contribution in [3.05, 3.63) is 0 Å². The fourth-order valence-electron chi connectivity index (χ4n) is 2.61. The van der Waals surface area contributed by atoms with Crippen molar-refractivity contribution in [1.82, 2.24) is 9.80 Å². The Kier molecular flexibility index (Phi) is 17.1. The fraction of sp³-hybridized carbons (Fsp3) is 0.889. The number of amides is 2. The van der Waals surface area contributed by atoms with E-state index < -0.39 is 0 Å². The molecule has 8 heteroatoms. The van der Waals surface area contributed by atoms with Crippen LogP contribution < -0.4 is 48.0 Å². The van der Waals surface area contributed by atoms with Crippen LogP contribution >= 0.6 is 0 Å². The van der Waals surface area contributed by atoms with Crippen LogP contribution in [0.2, 0.25) is 0 Å². The van der Waals surface area contributed by atoms with Crippen molar-refractivity contribution >= 4 is 11.8 Å². The molecule has 2 amide bonds. The molecule has 6 nitrogen and oxygen atoms in total. The maximum Gasteiger partial charge on any atom is 0.277 e. The zero-order valence-corrected chi connectivity index (χ0v) is 22.3. The summed E-state index contributed by atoms with van der Waals surface area (Å²) in [6, 6.07) is 0. The molecule has 0 saturated carbocycles. The largest absolute Gasteiger partial charge is 1.00 e. The molecule has 0 unspecified atom stereocenters. The highest BCUT2D eigenvalue weighted by Crippen LogP contribution is 2.09. The number of hydrogen-bond donors (Lipinski definition) is 0. The number of nitrogens with zero attached hydrogens (tertiary/aromatic N) is 4. The molecule has 0 aliphatic rings. The first-order valence-corrected chi connectivity index (χ1v) is 8.91. The summed E-state index contributed by atoms with van der Waals surface area (Å²) in [5.74, 6) is 0.370. The van der Waals surface area contributed by atoms with Gasteiger partial charge in [0.1, 0.15) is 0 Å². The van der Waals surface area contributed by atoms with E-state index in [-0.39, 0.29) is 59.8 Å². The van der Waals surface area contributed by atoms with E-state index in [0.717, 1.165) is 34.9 Å².